The first-order valence-electron chi connectivity index (χ1n) is 10.2. The van der Waals surface area contributed by atoms with E-state index in [1.54, 1.807) is 9.80 Å². The third-order valence-corrected chi connectivity index (χ3v) is 6.68. The van der Waals surface area contributed by atoms with Crippen LogP contribution in [0, 0.1) is 18.8 Å². The van der Waals surface area contributed by atoms with Crippen LogP contribution in [0.2, 0.25) is 0 Å². The Labute approximate surface area is 155 Å². The molecule has 5 heteroatoms. The van der Waals surface area contributed by atoms with Gasteiger partial charge in [0.25, 0.3) is 0 Å². The van der Waals surface area contributed by atoms with Gasteiger partial charge in [0.1, 0.15) is 32.7 Å². The summed E-state index contributed by atoms with van der Waals surface area (Å²) in [5.74, 6) is 0.205. The van der Waals surface area contributed by atoms with Crippen LogP contribution in [0.1, 0.15) is 36.8 Å². The van der Waals surface area contributed by atoms with Crippen LogP contribution in [0.15, 0.2) is 24.3 Å². The summed E-state index contributed by atoms with van der Waals surface area (Å²) in [5.41, 5.74) is 2.80. The van der Waals surface area contributed by atoms with Crippen molar-refractivity contribution in [3.63, 3.8) is 0 Å². The van der Waals surface area contributed by atoms with Crippen LogP contribution in [-0.4, -0.2) is 49.6 Å². The first kappa shape index (κ1) is 17.7. The summed E-state index contributed by atoms with van der Waals surface area (Å²) < 4.78 is 0. The third-order valence-electron chi connectivity index (χ3n) is 6.68. The Morgan fingerprint density at radius 2 is 1.50 bits per heavy atom. The zero-order chi connectivity index (χ0) is 18.1. The Morgan fingerprint density at radius 1 is 0.923 bits per heavy atom. The number of hydrogen-bond donors (Lipinski definition) is 2. The van der Waals surface area contributed by atoms with Crippen molar-refractivity contribution in [2.75, 3.05) is 32.8 Å². The number of fused-ring (bicyclic) bond motifs is 1. The zero-order valence-corrected chi connectivity index (χ0v) is 15.8. The molecule has 3 fully saturated rings. The number of hydrogen-bond acceptors (Lipinski definition) is 2. The average Bonchev–Trinajstić information content (AvgIpc) is 2.90. The van der Waals surface area contributed by atoms with E-state index in [9.17, 15) is 9.59 Å². The fraction of sp³-hybridized carbons (Fsp3) is 0.619. The Kier molecular flexibility index (Phi) is 5.09. The summed E-state index contributed by atoms with van der Waals surface area (Å²) in [7, 11) is 0. The van der Waals surface area contributed by atoms with Crippen molar-refractivity contribution in [3.05, 3.63) is 35.4 Å². The van der Waals surface area contributed by atoms with Crippen LogP contribution < -0.4 is 9.80 Å². The first-order valence-corrected chi connectivity index (χ1v) is 10.2. The van der Waals surface area contributed by atoms with Crippen molar-refractivity contribution in [2.45, 2.75) is 39.2 Å². The molecule has 0 bridgehead atoms. The molecule has 1 saturated carbocycles. The fourth-order valence-corrected chi connectivity index (χ4v) is 4.98. The monoisotopic (exact) mass is 357 g/mol. The Bertz CT molecular complexity index is 658. The highest BCUT2D eigenvalue weighted by Gasteiger charge is 2.49. The number of imide groups is 1. The molecule has 1 aliphatic carbocycles. The molecule has 1 aromatic rings. The largest absolute Gasteiger partial charge is 0.322 e. The molecule has 2 aliphatic heterocycles. The van der Waals surface area contributed by atoms with E-state index in [0.29, 0.717) is 6.67 Å². The minimum Gasteiger partial charge on any atom is -0.322 e. The second-order valence-electron chi connectivity index (χ2n) is 8.36. The Hall–Kier alpha value is -1.72. The van der Waals surface area contributed by atoms with Gasteiger partial charge in [-0.2, -0.15) is 0 Å². The number of quaternary nitrogens is 2. The second-order valence-corrected chi connectivity index (χ2v) is 8.36. The van der Waals surface area contributed by atoms with E-state index in [1.165, 1.54) is 16.0 Å². The molecule has 140 valence electrons. The van der Waals surface area contributed by atoms with Crippen LogP contribution in [0.4, 0.5) is 0 Å². The van der Waals surface area contributed by atoms with Gasteiger partial charge in [-0.3, -0.25) is 9.59 Å². The lowest BCUT2D eigenvalue weighted by atomic mass is 9.81. The number of amides is 2. The van der Waals surface area contributed by atoms with Gasteiger partial charge in [-0.1, -0.05) is 37.1 Å². The molecule has 2 amide bonds. The van der Waals surface area contributed by atoms with E-state index in [-0.39, 0.29) is 23.7 Å². The van der Waals surface area contributed by atoms with E-state index in [2.05, 4.69) is 31.2 Å². The first-order chi connectivity index (χ1) is 12.6. The number of nitrogens with zero attached hydrogens (tertiary/aromatic N) is 1. The normalized spacial score (nSPS) is 32.0. The summed E-state index contributed by atoms with van der Waals surface area (Å²) in [6, 6.07) is 8.62. The zero-order valence-electron chi connectivity index (χ0n) is 15.8. The van der Waals surface area contributed by atoms with Crippen LogP contribution in [0.5, 0.6) is 0 Å². The van der Waals surface area contributed by atoms with Crippen LogP contribution in [0.3, 0.4) is 0 Å². The second kappa shape index (κ2) is 7.49. The van der Waals surface area contributed by atoms with Gasteiger partial charge in [-0.05, 0) is 25.3 Å². The average molecular weight is 357 g/mol. The van der Waals surface area contributed by atoms with Crippen molar-refractivity contribution < 1.29 is 19.4 Å². The van der Waals surface area contributed by atoms with E-state index >= 15 is 0 Å². The topological polar surface area (TPSA) is 46.3 Å². The van der Waals surface area contributed by atoms with E-state index < -0.39 is 0 Å². The smallest absolute Gasteiger partial charge is 0.237 e. The third kappa shape index (κ3) is 3.42. The summed E-state index contributed by atoms with van der Waals surface area (Å²) >= 11 is 0. The molecule has 26 heavy (non-hydrogen) atoms. The minimum atomic E-state index is -0.0105. The van der Waals surface area contributed by atoms with Crippen LogP contribution in [-0.2, 0) is 16.1 Å². The summed E-state index contributed by atoms with van der Waals surface area (Å²) in [6.45, 7) is 8.12. The van der Waals surface area contributed by atoms with Gasteiger partial charge < -0.3 is 9.80 Å². The lowest BCUT2D eigenvalue weighted by molar-refractivity contribution is -1.02. The summed E-state index contributed by atoms with van der Waals surface area (Å²) in [4.78, 5) is 29.9. The van der Waals surface area contributed by atoms with Gasteiger partial charge in [0, 0.05) is 5.56 Å². The standard InChI is InChI=1S/C21H29N3O2/c1-16-6-2-3-7-17(16)14-22-10-12-23(13-11-22)15-24-20(25)18-8-4-5-9-19(18)21(24)26/h2-3,6-7,18-19H,4-5,8-15H2,1H3/p+2/t18-,19-/m0/s1. The van der Waals surface area contributed by atoms with Gasteiger partial charge in [0.05, 0.1) is 11.8 Å². The maximum absolute atomic E-state index is 12.7. The molecule has 2 N–H and O–H groups in total. The van der Waals surface area contributed by atoms with Crippen molar-refractivity contribution in [1.82, 2.24) is 4.90 Å². The van der Waals surface area contributed by atoms with Crippen molar-refractivity contribution in [2.24, 2.45) is 11.8 Å². The molecule has 0 spiro atoms. The highest BCUT2D eigenvalue weighted by molar-refractivity contribution is 6.05. The summed E-state index contributed by atoms with van der Waals surface area (Å²) in [5, 5.41) is 0. The fourth-order valence-electron chi connectivity index (χ4n) is 4.98. The summed E-state index contributed by atoms with van der Waals surface area (Å²) in [6.07, 6.45) is 4.02. The molecule has 0 aromatic heterocycles. The number of rotatable bonds is 4. The van der Waals surface area contributed by atoms with Gasteiger partial charge in [-0.25, -0.2) is 4.90 Å². The maximum atomic E-state index is 12.7. The van der Waals surface area contributed by atoms with Crippen LogP contribution >= 0.6 is 0 Å². The lowest BCUT2D eigenvalue weighted by Gasteiger charge is -2.31. The maximum Gasteiger partial charge on any atom is 0.237 e. The molecule has 2 saturated heterocycles. The van der Waals surface area contributed by atoms with E-state index in [0.717, 1.165) is 58.4 Å². The highest BCUT2D eigenvalue weighted by atomic mass is 16.2. The molecule has 3 aliphatic rings. The number of benzene rings is 1. The van der Waals surface area contributed by atoms with Gasteiger partial charge in [0.2, 0.25) is 11.8 Å². The lowest BCUT2D eigenvalue weighted by Crippen LogP contribution is -3.28. The number of piperazine rings is 1. The predicted octanol–water partition coefficient (Wildman–Crippen LogP) is -0.589. The van der Waals surface area contributed by atoms with Gasteiger partial charge in [-0.15, -0.1) is 0 Å². The molecule has 0 radical (unpaired) electrons. The SMILES string of the molecule is Cc1ccccc1C[NH+]1CC[NH+](CN2C(=O)[C@H]3CCCC[C@@H]3C2=O)CC1. The molecule has 2 heterocycles. The quantitative estimate of drug-likeness (QED) is 0.708. The molecule has 0 unspecified atom stereocenters. The predicted molar refractivity (Wildman–Crippen MR) is 98.4 cm³/mol. The van der Waals surface area contributed by atoms with Crippen molar-refractivity contribution in [3.8, 4) is 0 Å². The molecular formula is C21H31N3O2+2. The number of likely N-dealkylation sites (tertiary alicyclic amines) is 1. The Morgan fingerprint density at radius 3 is 2.12 bits per heavy atom. The van der Waals surface area contributed by atoms with E-state index in [1.807, 2.05) is 0 Å². The van der Waals surface area contributed by atoms with Crippen molar-refractivity contribution >= 4 is 11.8 Å². The van der Waals surface area contributed by atoms with E-state index in [4.69, 9.17) is 0 Å². The number of nitrogens with one attached hydrogen (secondary N) is 2. The van der Waals surface area contributed by atoms with Crippen molar-refractivity contribution in [1.29, 1.82) is 0 Å². The Balaban J connectivity index is 1.31. The molecule has 5 nitrogen and oxygen atoms in total. The number of aryl methyl sites for hydroxylation is 1. The molecular weight excluding hydrogens is 326 g/mol. The highest BCUT2D eigenvalue weighted by Crippen LogP contribution is 2.37. The minimum absolute atomic E-state index is 0.0105. The van der Waals surface area contributed by atoms with Crippen LogP contribution in [0.25, 0.3) is 0 Å². The number of carbonyl (C=O) groups is 2. The van der Waals surface area contributed by atoms with Gasteiger partial charge in [0.15, 0.2) is 6.67 Å². The molecule has 1 aromatic carbocycles. The number of carbonyl (C=O) groups excluding carboxylic acids is 2. The molecule has 4 rings (SSSR count). The van der Waals surface area contributed by atoms with Gasteiger partial charge >= 0.3 is 0 Å². The molecule has 2 atom stereocenters.